The molecule has 2 saturated heterocycles. The van der Waals surface area contributed by atoms with Gasteiger partial charge in [-0.25, -0.2) is 27.6 Å². The normalized spacial score (nSPS) is 21.2. The zero-order valence-corrected chi connectivity index (χ0v) is 21.6. The van der Waals surface area contributed by atoms with Gasteiger partial charge >= 0.3 is 0 Å². The van der Waals surface area contributed by atoms with Crippen LogP contribution in [-0.2, 0) is 11.0 Å². The highest BCUT2D eigenvalue weighted by molar-refractivity contribution is 7.85. The second-order valence-corrected chi connectivity index (χ2v) is 11.5. The third-order valence-electron chi connectivity index (χ3n) is 7.79. The zero-order valence-electron chi connectivity index (χ0n) is 20.7. The van der Waals surface area contributed by atoms with Gasteiger partial charge in [0.15, 0.2) is 0 Å². The largest absolute Gasteiger partial charge is 0.370 e. The van der Waals surface area contributed by atoms with Crippen LogP contribution in [0, 0.1) is 5.41 Å². The van der Waals surface area contributed by atoms with Crippen LogP contribution in [0.5, 0.6) is 0 Å². The van der Waals surface area contributed by atoms with E-state index in [4.69, 9.17) is 4.98 Å². The molecule has 1 spiro atoms. The Morgan fingerprint density at radius 2 is 1.68 bits per heavy atom. The standard InChI is InChI=1S/C25H30F2N8OS/c1-37(36)31-22-15-20(33-11-7-24(5-6-24)8-12-33)21(16-28-22)35-17-19(30-32-35)18-3-2-4-23(29-18)34-13-9-25(26,27)10-14-34/h2-4,15-17H,5-14H2,1H3,(H,28,31). The molecule has 5 heterocycles. The van der Waals surface area contributed by atoms with Crippen LogP contribution in [0.15, 0.2) is 36.7 Å². The Balaban J connectivity index is 1.27. The first-order valence-corrected chi connectivity index (χ1v) is 14.2. The number of alkyl halides is 2. The van der Waals surface area contributed by atoms with Crippen molar-refractivity contribution < 1.29 is 13.0 Å². The molecule has 1 unspecified atom stereocenters. The fourth-order valence-electron chi connectivity index (χ4n) is 5.27. The molecule has 0 aromatic carbocycles. The van der Waals surface area contributed by atoms with Gasteiger partial charge in [0.1, 0.15) is 34.0 Å². The smallest absolute Gasteiger partial charge is 0.251 e. The molecule has 12 heteroatoms. The summed E-state index contributed by atoms with van der Waals surface area (Å²) in [5.74, 6) is -1.39. The second kappa shape index (κ2) is 9.30. The van der Waals surface area contributed by atoms with E-state index in [-0.39, 0.29) is 25.9 Å². The van der Waals surface area contributed by atoms with Crippen LogP contribution < -0.4 is 14.5 Å². The lowest BCUT2D eigenvalue weighted by Gasteiger charge is -2.34. The van der Waals surface area contributed by atoms with Crippen LogP contribution in [0.25, 0.3) is 17.1 Å². The molecular weight excluding hydrogens is 498 g/mol. The molecule has 1 N–H and O–H groups in total. The third-order valence-corrected chi connectivity index (χ3v) is 8.28. The van der Waals surface area contributed by atoms with E-state index in [1.54, 1.807) is 17.1 Å². The lowest BCUT2D eigenvalue weighted by Crippen LogP contribution is -2.39. The molecule has 37 heavy (non-hydrogen) atoms. The topological polar surface area (TPSA) is 92.1 Å². The van der Waals surface area contributed by atoms with Crippen molar-refractivity contribution in [2.45, 2.75) is 44.4 Å². The van der Waals surface area contributed by atoms with Crippen LogP contribution >= 0.6 is 0 Å². The summed E-state index contributed by atoms with van der Waals surface area (Å²) < 4.78 is 43.5. The molecule has 0 radical (unpaired) electrons. The second-order valence-electron chi connectivity index (χ2n) is 10.4. The Labute approximate surface area is 216 Å². The van der Waals surface area contributed by atoms with E-state index in [0.29, 0.717) is 28.4 Å². The first-order chi connectivity index (χ1) is 17.8. The maximum atomic E-state index is 13.6. The minimum absolute atomic E-state index is 0.168. The number of anilines is 3. The Kier molecular flexibility index (Phi) is 6.09. The molecule has 1 aliphatic carbocycles. The number of aromatic nitrogens is 5. The van der Waals surface area contributed by atoms with Gasteiger partial charge in [0.2, 0.25) is 0 Å². The molecule has 6 rings (SSSR count). The molecule has 0 amide bonds. The molecule has 0 bridgehead atoms. The molecule has 9 nitrogen and oxygen atoms in total. The highest BCUT2D eigenvalue weighted by Gasteiger charge is 2.44. The number of hydrogen-bond donors (Lipinski definition) is 1. The predicted octanol–water partition coefficient (Wildman–Crippen LogP) is 4.05. The molecule has 3 aromatic rings. The van der Waals surface area contributed by atoms with Gasteiger partial charge in [0.05, 0.1) is 23.8 Å². The zero-order chi connectivity index (χ0) is 25.6. The predicted molar refractivity (Wildman–Crippen MR) is 140 cm³/mol. The fourth-order valence-corrected chi connectivity index (χ4v) is 5.68. The minimum Gasteiger partial charge on any atom is -0.370 e. The molecular formula is C25H30F2N8OS. The van der Waals surface area contributed by atoms with Gasteiger partial charge < -0.3 is 9.80 Å². The van der Waals surface area contributed by atoms with Crippen LogP contribution in [0.4, 0.5) is 26.1 Å². The van der Waals surface area contributed by atoms with E-state index in [1.165, 1.54) is 25.7 Å². The molecule has 1 atom stereocenters. The summed E-state index contributed by atoms with van der Waals surface area (Å²) in [4.78, 5) is 13.4. The summed E-state index contributed by atoms with van der Waals surface area (Å²) in [6, 6.07) is 7.47. The van der Waals surface area contributed by atoms with Crippen LogP contribution in [-0.4, -0.2) is 67.5 Å². The van der Waals surface area contributed by atoms with Crippen molar-refractivity contribution in [1.82, 2.24) is 25.0 Å². The molecule has 3 aromatic heterocycles. The van der Waals surface area contributed by atoms with Crippen molar-refractivity contribution >= 4 is 28.3 Å². The van der Waals surface area contributed by atoms with Gasteiger partial charge in [-0.2, -0.15) is 0 Å². The first kappa shape index (κ1) is 24.2. The highest BCUT2D eigenvalue weighted by atomic mass is 32.2. The van der Waals surface area contributed by atoms with E-state index < -0.39 is 16.9 Å². The first-order valence-electron chi connectivity index (χ1n) is 12.7. The maximum Gasteiger partial charge on any atom is 0.251 e. The lowest BCUT2D eigenvalue weighted by molar-refractivity contribution is -0.0221. The Hall–Kier alpha value is -3.15. The van der Waals surface area contributed by atoms with E-state index in [2.05, 4.69) is 24.9 Å². The Morgan fingerprint density at radius 1 is 0.946 bits per heavy atom. The average Bonchev–Trinajstić information content (AvgIpc) is 3.44. The van der Waals surface area contributed by atoms with Crippen molar-refractivity contribution in [2.75, 3.05) is 47.0 Å². The summed E-state index contributed by atoms with van der Waals surface area (Å²) in [5.41, 5.74) is 3.50. The summed E-state index contributed by atoms with van der Waals surface area (Å²) >= 11 is 0. The Bertz CT molecular complexity index is 1310. The van der Waals surface area contributed by atoms with Crippen LogP contribution in [0.3, 0.4) is 0 Å². The van der Waals surface area contributed by atoms with Gasteiger partial charge in [-0.1, -0.05) is 11.3 Å². The third kappa shape index (κ3) is 5.16. The van der Waals surface area contributed by atoms with Crippen LogP contribution in [0.1, 0.15) is 38.5 Å². The van der Waals surface area contributed by atoms with E-state index in [1.807, 2.05) is 35.4 Å². The number of piperidine rings is 2. The van der Waals surface area contributed by atoms with E-state index >= 15 is 0 Å². The van der Waals surface area contributed by atoms with Crippen molar-refractivity contribution in [3.63, 3.8) is 0 Å². The molecule has 196 valence electrons. The Morgan fingerprint density at radius 3 is 2.38 bits per heavy atom. The van der Waals surface area contributed by atoms with Gasteiger partial charge in [-0.15, -0.1) is 5.10 Å². The quantitative estimate of drug-likeness (QED) is 0.516. The summed E-state index contributed by atoms with van der Waals surface area (Å²) in [6.07, 6.45) is 9.76. The van der Waals surface area contributed by atoms with Gasteiger partial charge in [0, 0.05) is 51.3 Å². The van der Waals surface area contributed by atoms with E-state index in [0.717, 1.165) is 24.5 Å². The number of nitrogens with one attached hydrogen (secondary N) is 1. The van der Waals surface area contributed by atoms with E-state index in [9.17, 15) is 13.0 Å². The summed E-state index contributed by atoms with van der Waals surface area (Å²) in [7, 11) is -1.23. The number of halogens is 2. The van der Waals surface area contributed by atoms with Crippen LogP contribution in [0.2, 0.25) is 0 Å². The highest BCUT2D eigenvalue weighted by Crippen LogP contribution is 2.54. The molecule has 3 fully saturated rings. The maximum absolute atomic E-state index is 13.6. The summed E-state index contributed by atoms with van der Waals surface area (Å²) in [5, 5.41) is 8.74. The number of nitrogens with zero attached hydrogens (tertiary/aromatic N) is 7. The fraction of sp³-hybridized carbons (Fsp3) is 0.520. The van der Waals surface area contributed by atoms with Gasteiger partial charge in [-0.05, 0) is 43.2 Å². The average molecular weight is 529 g/mol. The van der Waals surface area contributed by atoms with Crippen molar-refractivity contribution in [1.29, 1.82) is 0 Å². The molecule has 3 aliphatic rings. The van der Waals surface area contributed by atoms with Gasteiger partial charge in [0.25, 0.3) is 5.92 Å². The number of pyridine rings is 2. The molecule has 1 saturated carbocycles. The SMILES string of the molecule is CS(=O)Nc1cc(N2CCC3(CC2)CC3)c(-n2cc(-c3cccc(N4CCC(F)(F)CC4)n3)nn2)cn1. The summed E-state index contributed by atoms with van der Waals surface area (Å²) in [6.45, 7) is 2.44. The molecule has 2 aliphatic heterocycles. The van der Waals surface area contributed by atoms with Gasteiger partial charge in [-0.3, -0.25) is 4.72 Å². The number of rotatable bonds is 6. The monoisotopic (exact) mass is 528 g/mol. The van der Waals surface area contributed by atoms with Crippen molar-refractivity contribution in [3.05, 3.63) is 36.7 Å². The lowest BCUT2D eigenvalue weighted by atomic mass is 9.93. The minimum atomic E-state index is -2.60. The number of hydrogen-bond acceptors (Lipinski definition) is 7. The van der Waals surface area contributed by atoms with Crippen molar-refractivity contribution in [2.24, 2.45) is 5.41 Å². The van der Waals surface area contributed by atoms with Crippen molar-refractivity contribution in [3.8, 4) is 17.1 Å².